The van der Waals surface area contributed by atoms with Crippen molar-refractivity contribution in [1.82, 2.24) is 15.1 Å². The number of amides is 1. The van der Waals surface area contributed by atoms with Gasteiger partial charge >= 0.3 is 12.1 Å². The molecule has 2 rings (SSSR count). The highest BCUT2D eigenvalue weighted by Gasteiger charge is 2.41. The van der Waals surface area contributed by atoms with E-state index in [2.05, 4.69) is 15.2 Å². The van der Waals surface area contributed by atoms with Crippen molar-refractivity contribution in [2.75, 3.05) is 6.61 Å². The number of ether oxygens (including phenoxy) is 1. The summed E-state index contributed by atoms with van der Waals surface area (Å²) in [5.41, 5.74) is -1.53. The summed E-state index contributed by atoms with van der Waals surface area (Å²) in [5.74, 6) is -1.44. The number of esters is 1. The van der Waals surface area contributed by atoms with Crippen LogP contribution in [0.4, 0.5) is 13.2 Å². The molecule has 0 unspecified atom stereocenters. The zero-order chi connectivity index (χ0) is 19.5. The number of carbonyl (C=O) groups excluding carboxylic acids is 2. The van der Waals surface area contributed by atoms with Crippen molar-refractivity contribution in [3.8, 4) is 5.69 Å². The van der Waals surface area contributed by atoms with Gasteiger partial charge in [0.25, 0.3) is 5.91 Å². The molecule has 1 aromatic heterocycles. The molecule has 0 saturated heterocycles. The minimum atomic E-state index is -4.81. The van der Waals surface area contributed by atoms with E-state index in [0.29, 0.717) is 10.2 Å². The maximum atomic E-state index is 13.4. The van der Waals surface area contributed by atoms with E-state index in [9.17, 15) is 22.8 Å². The lowest BCUT2D eigenvalue weighted by Gasteiger charge is -2.13. The second-order valence-electron chi connectivity index (χ2n) is 5.71. The Morgan fingerprint density at radius 3 is 2.35 bits per heavy atom. The fourth-order valence-corrected chi connectivity index (χ4v) is 2.27. The molecule has 26 heavy (non-hydrogen) atoms. The molecular formula is C17H18F3N3O3. The van der Waals surface area contributed by atoms with Crippen LogP contribution in [0.1, 0.15) is 47.2 Å². The molecule has 1 heterocycles. The normalized spacial score (nSPS) is 11.5. The third-order valence-electron chi connectivity index (χ3n) is 3.33. The van der Waals surface area contributed by atoms with Gasteiger partial charge in [0, 0.05) is 11.6 Å². The second kappa shape index (κ2) is 7.59. The first-order valence-corrected chi connectivity index (χ1v) is 7.88. The Bertz CT molecular complexity index is 796. The van der Waals surface area contributed by atoms with Crippen LogP contribution in [0.15, 0.2) is 30.5 Å². The van der Waals surface area contributed by atoms with Gasteiger partial charge in [0.1, 0.15) is 5.56 Å². The number of nitrogens with one attached hydrogen (secondary N) is 1. The fourth-order valence-electron chi connectivity index (χ4n) is 2.27. The molecule has 1 amide bonds. The minimum absolute atomic E-state index is 0.0546. The summed E-state index contributed by atoms with van der Waals surface area (Å²) in [6.07, 6.45) is -3.99. The fraction of sp³-hybridized carbons (Fsp3) is 0.353. The average molecular weight is 369 g/mol. The quantitative estimate of drug-likeness (QED) is 0.822. The van der Waals surface area contributed by atoms with Crippen molar-refractivity contribution in [2.45, 2.75) is 33.0 Å². The highest BCUT2D eigenvalue weighted by atomic mass is 19.4. The van der Waals surface area contributed by atoms with E-state index in [1.165, 1.54) is 31.2 Å². The van der Waals surface area contributed by atoms with Gasteiger partial charge in [-0.2, -0.15) is 18.3 Å². The van der Waals surface area contributed by atoms with E-state index in [1.807, 2.05) is 0 Å². The summed E-state index contributed by atoms with van der Waals surface area (Å²) >= 11 is 0. The number of hydrogen-bond acceptors (Lipinski definition) is 4. The molecule has 140 valence electrons. The Morgan fingerprint density at radius 1 is 1.23 bits per heavy atom. The zero-order valence-corrected chi connectivity index (χ0v) is 14.4. The molecule has 9 heteroatoms. The van der Waals surface area contributed by atoms with Gasteiger partial charge in [-0.05, 0) is 45.0 Å². The van der Waals surface area contributed by atoms with Crippen LogP contribution in [0.25, 0.3) is 5.69 Å². The monoisotopic (exact) mass is 369 g/mol. The number of alkyl halides is 3. The molecule has 0 aliphatic heterocycles. The van der Waals surface area contributed by atoms with E-state index in [1.54, 1.807) is 13.8 Å². The predicted molar refractivity (Wildman–Crippen MR) is 87.1 cm³/mol. The van der Waals surface area contributed by atoms with E-state index in [-0.39, 0.29) is 24.2 Å². The lowest BCUT2D eigenvalue weighted by Crippen LogP contribution is -2.30. The first-order chi connectivity index (χ1) is 12.1. The Balaban J connectivity index is 2.42. The third kappa shape index (κ3) is 4.22. The van der Waals surface area contributed by atoms with Crippen molar-refractivity contribution < 1.29 is 27.5 Å². The van der Waals surface area contributed by atoms with Gasteiger partial charge < -0.3 is 10.1 Å². The summed E-state index contributed by atoms with van der Waals surface area (Å²) in [5, 5.41) is 6.36. The van der Waals surface area contributed by atoms with Crippen LogP contribution in [0, 0.1) is 0 Å². The molecule has 2 aromatic rings. The van der Waals surface area contributed by atoms with Crippen molar-refractivity contribution in [3.05, 3.63) is 47.3 Å². The number of hydrogen-bond donors (Lipinski definition) is 1. The Kier molecular flexibility index (Phi) is 5.69. The lowest BCUT2D eigenvalue weighted by atomic mass is 10.1. The zero-order valence-electron chi connectivity index (χ0n) is 14.4. The number of aromatic nitrogens is 2. The molecule has 0 atom stereocenters. The van der Waals surface area contributed by atoms with Crippen molar-refractivity contribution in [2.24, 2.45) is 0 Å². The maximum absolute atomic E-state index is 13.4. The number of nitrogens with zero attached hydrogens (tertiary/aromatic N) is 2. The van der Waals surface area contributed by atoms with Gasteiger partial charge in [0.05, 0.1) is 18.5 Å². The molecule has 6 nitrogen and oxygen atoms in total. The van der Waals surface area contributed by atoms with Crippen LogP contribution in [0.2, 0.25) is 0 Å². The number of carbonyl (C=O) groups is 2. The van der Waals surface area contributed by atoms with Crippen LogP contribution in [0.3, 0.4) is 0 Å². The summed E-state index contributed by atoms with van der Waals surface area (Å²) in [6.45, 7) is 5.03. The molecule has 0 spiro atoms. The lowest BCUT2D eigenvalue weighted by molar-refractivity contribution is -0.143. The van der Waals surface area contributed by atoms with E-state index >= 15 is 0 Å². The number of halogens is 3. The molecule has 0 aliphatic carbocycles. The Morgan fingerprint density at radius 2 is 1.85 bits per heavy atom. The second-order valence-corrected chi connectivity index (χ2v) is 5.71. The molecule has 0 fully saturated rings. The van der Waals surface area contributed by atoms with Gasteiger partial charge in [-0.3, -0.25) is 4.79 Å². The van der Waals surface area contributed by atoms with Crippen molar-refractivity contribution >= 4 is 11.9 Å². The predicted octanol–water partition coefficient (Wildman–Crippen LogP) is 3.21. The van der Waals surface area contributed by atoms with E-state index < -0.39 is 23.4 Å². The highest BCUT2D eigenvalue weighted by Crippen LogP contribution is 2.34. The van der Waals surface area contributed by atoms with Crippen molar-refractivity contribution in [1.29, 1.82) is 0 Å². The largest absolute Gasteiger partial charge is 0.462 e. The van der Waals surface area contributed by atoms with Gasteiger partial charge in [0.2, 0.25) is 0 Å². The third-order valence-corrected chi connectivity index (χ3v) is 3.33. The van der Waals surface area contributed by atoms with Crippen LogP contribution >= 0.6 is 0 Å². The topological polar surface area (TPSA) is 73.2 Å². The van der Waals surface area contributed by atoms with Crippen LogP contribution in [-0.4, -0.2) is 34.3 Å². The molecule has 0 bridgehead atoms. The number of benzene rings is 1. The average Bonchev–Trinajstić information content (AvgIpc) is 3.00. The molecule has 1 aromatic carbocycles. The molecule has 0 radical (unpaired) electrons. The summed E-state index contributed by atoms with van der Waals surface area (Å²) in [7, 11) is 0. The van der Waals surface area contributed by atoms with Gasteiger partial charge in [-0.1, -0.05) is 0 Å². The van der Waals surface area contributed by atoms with Crippen molar-refractivity contribution in [3.63, 3.8) is 0 Å². The van der Waals surface area contributed by atoms with Crippen LogP contribution < -0.4 is 5.32 Å². The van der Waals surface area contributed by atoms with Gasteiger partial charge in [-0.15, -0.1) is 0 Å². The summed E-state index contributed by atoms with van der Waals surface area (Å²) < 4.78 is 45.6. The number of rotatable bonds is 5. The molecule has 0 aliphatic rings. The van der Waals surface area contributed by atoms with Crippen LogP contribution in [0.5, 0.6) is 0 Å². The van der Waals surface area contributed by atoms with E-state index in [0.717, 1.165) is 6.20 Å². The first kappa shape index (κ1) is 19.5. The molecule has 0 saturated carbocycles. The summed E-state index contributed by atoms with van der Waals surface area (Å²) in [4.78, 5) is 23.7. The van der Waals surface area contributed by atoms with E-state index in [4.69, 9.17) is 0 Å². The summed E-state index contributed by atoms with van der Waals surface area (Å²) in [6, 6.07) is 5.36. The minimum Gasteiger partial charge on any atom is -0.462 e. The highest BCUT2D eigenvalue weighted by molar-refractivity contribution is 5.94. The SMILES string of the molecule is CCOC(=O)c1cnn(-c2ccc(C(=O)NC(C)C)cc2)c1C(F)(F)F. The molecule has 1 N–H and O–H groups in total. The molecular weight excluding hydrogens is 351 g/mol. The van der Waals surface area contributed by atoms with Gasteiger partial charge in [-0.25, -0.2) is 9.48 Å². The standard InChI is InChI=1S/C17H18F3N3O3/c1-4-26-16(25)13-9-21-23(14(13)17(18,19)20)12-7-5-11(6-8-12)15(24)22-10(2)3/h5-10H,4H2,1-3H3,(H,22,24). The Labute approximate surface area is 147 Å². The maximum Gasteiger partial charge on any atom is 0.434 e. The van der Waals surface area contributed by atoms with Crippen LogP contribution in [-0.2, 0) is 10.9 Å². The van der Waals surface area contributed by atoms with Gasteiger partial charge in [0.15, 0.2) is 5.69 Å². The first-order valence-electron chi connectivity index (χ1n) is 7.88. The Hall–Kier alpha value is -2.84. The smallest absolute Gasteiger partial charge is 0.434 e.